The van der Waals surface area contributed by atoms with Crippen LogP contribution in [0.15, 0.2) is 47.4 Å². The lowest BCUT2D eigenvalue weighted by Crippen LogP contribution is -2.26. The van der Waals surface area contributed by atoms with Crippen molar-refractivity contribution in [2.45, 2.75) is 17.7 Å². The van der Waals surface area contributed by atoms with Gasteiger partial charge < -0.3 is 0 Å². The van der Waals surface area contributed by atoms with Crippen LogP contribution in [-0.2, 0) is 15.9 Å². The summed E-state index contributed by atoms with van der Waals surface area (Å²) in [5, 5.41) is 0. The molecule has 0 aliphatic heterocycles. The van der Waals surface area contributed by atoms with E-state index >= 15 is 0 Å². The van der Waals surface area contributed by atoms with Gasteiger partial charge in [-0.1, -0.05) is 12.1 Å². The zero-order chi connectivity index (χ0) is 15.6. The maximum Gasteiger partial charge on any atom is 0.264 e. The monoisotopic (exact) mass is 327 g/mol. The van der Waals surface area contributed by atoms with Gasteiger partial charge in [0, 0.05) is 12.6 Å². The summed E-state index contributed by atoms with van der Waals surface area (Å²) >= 11 is 5.62. The molecule has 0 aliphatic carbocycles. The Morgan fingerprint density at radius 1 is 1.19 bits per heavy atom. The van der Waals surface area contributed by atoms with Gasteiger partial charge in [-0.25, -0.2) is 12.8 Å². The van der Waals surface area contributed by atoms with Crippen LogP contribution in [0.2, 0.25) is 0 Å². The van der Waals surface area contributed by atoms with Crippen LogP contribution in [0.1, 0.15) is 11.1 Å². The summed E-state index contributed by atoms with van der Waals surface area (Å²) in [6.07, 6.45) is 0. The highest BCUT2D eigenvalue weighted by Gasteiger charge is 2.22. The van der Waals surface area contributed by atoms with Crippen molar-refractivity contribution in [2.24, 2.45) is 0 Å². The number of aryl methyl sites for hydroxylation is 1. The summed E-state index contributed by atoms with van der Waals surface area (Å²) in [5.41, 5.74) is 1.66. The molecule has 6 heteroatoms. The molecule has 3 nitrogen and oxygen atoms in total. The fourth-order valence-corrected chi connectivity index (χ4v) is 3.38. The highest BCUT2D eigenvalue weighted by Crippen LogP contribution is 2.24. The fourth-order valence-electron chi connectivity index (χ4n) is 1.93. The molecule has 0 amide bonds. The lowest BCUT2D eigenvalue weighted by molar-refractivity contribution is 0.592. The Kier molecular flexibility index (Phi) is 4.54. The van der Waals surface area contributed by atoms with Crippen LogP contribution < -0.4 is 4.31 Å². The molecule has 0 radical (unpaired) electrons. The standard InChI is InChI=1S/C15H15ClFNO2S/c1-11-4-3-5-13(8-11)18(2)21(19,20)14-6-7-15(17)12(9-14)10-16/h3-9H,10H2,1-2H3. The van der Waals surface area contributed by atoms with Gasteiger partial charge in [0.05, 0.1) is 16.5 Å². The van der Waals surface area contributed by atoms with Gasteiger partial charge in [0.2, 0.25) is 0 Å². The molecule has 0 aromatic heterocycles. The molecule has 0 heterocycles. The predicted octanol–water partition coefficient (Wildman–Crippen LogP) is 3.70. The van der Waals surface area contributed by atoms with Crippen molar-refractivity contribution in [2.75, 3.05) is 11.4 Å². The lowest BCUT2D eigenvalue weighted by atomic mass is 10.2. The van der Waals surface area contributed by atoms with E-state index in [9.17, 15) is 12.8 Å². The smallest absolute Gasteiger partial charge is 0.264 e. The summed E-state index contributed by atoms with van der Waals surface area (Å²) in [6.45, 7) is 1.88. The summed E-state index contributed by atoms with van der Waals surface area (Å²) < 4.78 is 39.8. The van der Waals surface area contributed by atoms with E-state index in [4.69, 9.17) is 11.6 Å². The molecule has 112 valence electrons. The molecular weight excluding hydrogens is 313 g/mol. The summed E-state index contributed by atoms with van der Waals surface area (Å²) in [4.78, 5) is 0.0172. The van der Waals surface area contributed by atoms with Gasteiger partial charge in [0.15, 0.2) is 0 Å². The summed E-state index contributed by atoms with van der Waals surface area (Å²) in [5.74, 6) is -0.592. The average molecular weight is 328 g/mol. The number of halogens is 2. The molecule has 2 aromatic carbocycles. The number of hydrogen-bond acceptors (Lipinski definition) is 2. The first kappa shape index (κ1) is 15.8. The Morgan fingerprint density at radius 2 is 1.90 bits per heavy atom. The number of sulfonamides is 1. The fraction of sp³-hybridized carbons (Fsp3) is 0.200. The van der Waals surface area contributed by atoms with E-state index in [0.717, 1.165) is 11.6 Å². The van der Waals surface area contributed by atoms with Crippen molar-refractivity contribution in [3.8, 4) is 0 Å². The first-order valence-corrected chi connectivity index (χ1v) is 8.23. The summed E-state index contributed by atoms with van der Waals surface area (Å²) in [7, 11) is -2.28. The molecule has 2 rings (SSSR count). The molecule has 0 saturated heterocycles. The number of alkyl halides is 1. The minimum atomic E-state index is -3.75. The van der Waals surface area contributed by atoms with Crippen molar-refractivity contribution in [3.63, 3.8) is 0 Å². The minimum absolute atomic E-state index is 0.0172. The molecule has 0 N–H and O–H groups in total. The molecule has 0 bridgehead atoms. The van der Waals surface area contributed by atoms with Crippen LogP contribution in [0.5, 0.6) is 0 Å². The molecule has 0 aliphatic rings. The number of hydrogen-bond donors (Lipinski definition) is 0. The number of benzene rings is 2. The first-order chi connectivity index (χ1) is 9.86. The minimum Gasteiger partial charge on any atom is -0.269 e. The second-order valence-electron chi connectivity index (χ2n) is 4.70. The molecular formula is C15H15ClFNO2S. The van der Waals surface area contributed by atoms with E-state index in [1.807, 2.05) is 13.0 Å². The van der Waals surface area contributed by atoms with Crippen LogP contribution in [0.4, 0.5) is 10.1 Å². The second kappa shape index (κ2) is 6.03. The van der Waals surface area contributed by atoms with Crippen molar-refractivity contribution in [3.05, 3.63) is 59.4 Å². The van der Waals surface area contributed by atoms with Crippen LogP contribution >= 0.6 is 11.6 Å². The van der Waals surface area contributed by atoms with Crippen molar-refractivity contribution >= 4 is 27.3 Å². The number of nitrogens with zero attached hydrogens (tertiary/aromatic N) is 1. The van der Waals surface area contributed by atoms with Crippen LogP contribution in [0.25, 0.3) is 0 Å². The van der Waals surface area contributed by atoms with E-state index in [1.165, 1.54) is 23.5 Å². The highest BCUT2D eigenvalue weighted by atomic mass is 35.5. The SMILES string of the molecule is Cc1cccc(N(C)S(=O)(=O)c2ccc(F)c(CCl)c2)c1. The molecule has 21 heavy (non-hydrogen) atoms. The van der Waals surface area contributed by atoms with Crippen LogP contribution in [0, 0.1) is 12.7 Å². The Morgan fingerprint density at radius 3 is 2.52 bits per heavy atom. The first-order valence-electron chi connectivity index (χ1n) is 6.26. The quantitative estimate of drug-likeness (QED) is 0.803. The van der Waals surface area contributed by atoms with Gasteiger partial charge in [0.1, 0.15) is 5.82 Å². The maximum atomic E-state index is 13.4. The third-order valence-electron chi connectivity index (χ3n) is 3.18. The predicted molar refractivity (Wildman–Crippen MR) is 82.7 cm³/mol. The third-order valence-corrected chi connectivity index (χ3v) is 5.25. The van der Waals surface area contributed by atoms with E-state index < -0.39 is 15.8 Å². The third kappa shape index (κ3) is 3.19. The van der Waals surface area contributed by atoms with E-state index in [-0.39, 0.29) is 16.3 Å². The lowest BCUT2D eigenvalue weighted by Gasteiger charge is -2.20. The van der Waals surface area contributed by atoms with Gasteiger partial charge in [-0.3, -0.25) is 4.31 Å². The molecule has 0 spiro atoms. The van der Waals surface area contributed by atoms with E-state index in [1.54, 1.807) is 18.2 Å². The molecule has 0 unspecified atom stereocenters. The Balaban J connectivity index is 2.46. The molecule has 0 fully saturated rings. The Labute approximate surface area is 129 Å². The zero-order valence-corrected chi connectivity index (χ0v) is 13.2. The average Bonchev–Trinajstić information content (AvgIpc) is 2.46. The molecule has 2 aromatic rings. The van der Waals surface area contributed by atoms with Gasteiger partial charge >= 0.3 is 0 Å². The largest absolute Gasteiger partial charge is 0.269 e. The van der Waals surface area contributed by atoms with Crippen molar-refractivity contribution in [1.29, 1.82) is 0 Å². The van der Waals surface area contributed by atoms with Gasteiger partial charge in [-0.05, 0) is 42.8 Å². The Hall–Kier alpha value is -1.59. The summed E-state index contributed by atoms with van der Waals surface area (Å²) in [6, 6.07) is 10.8. The zero-order valence-electron chi connectivity index (χ0n) is 11.7. The van der Waals surface area contributed by atoms with Crippen molar-refractivity contribution in [1.82, 2.24) is 0 Å². The number of rotatable bonds is 4. The molecule has 0 saturated carbocycles. The topological polar surface area (TPSA) is 37.4 Å². The normalized spacial score (nSPS) is 11.4. The van der Waals surface area contributed by atoms with Gasteiger partial charge in [-0.2, -0.15) is 0 Å². The Bertz CT molecular complexity index is 762. The molecule has 0 atom stereocenters. The van der Waals surface area contributed by atoms with Crippen LogP contribution in [0.3, 0.4) is 0 Å². The van der Waals surface area contributed by atoms with Gasteiger partial charge in [0.25, 0.3) is 10.0 Å². The van der Waals surface area contributed by atoms with Crippen LogP contribution in [-0.4, -0.2) is 15.5 Å². The highest BCUT2D eigenvalue weighted by molar-refractivity contribution is 7.92. The van der Waals surface area contributed by atoms with E-state index in [0.29, 0.717) is 5.69 Å². The van der Waals surface area contributed by atoms with E-state index in [2.05, 4.69) is 0 Å². The number of anilines is 1. The van der Waals surface area contributed by atoms with Gasteiger partial charge in [-0.15, -0.1) is 11.6 Å². The second-order valence-corrected chi connectivity index (χ2v) is 6.93. The van der Waals surface area contributed by atoms with Crippen molar-refractivity contribution < 1.29 is 12.8 Å². The maximum absolute atomic E-state index is 13.4.